The minimum absolute atomic E-state index is 0.147. The molecule has 1 aliphatic heterocycles. The highest BCUT2D eigenvalue weighted by Gasteiger charge is 2.26. The highest BCUT2D eigenvalue weighted by Crippen LogP contribution is 2.30. The Kier molecular flexibility index (Phi) is 4.91. The Labute approximate surface area is 161 Å². The summed E-state index contributed by atoms with van der Waals surface area (Å²) >= 11 is 3.58. The first kappa shape index (κ1) is 17.4. The minimum atomic E-state index is 0.147. The van der Waals surface area contributed by atoms with Gasteiger partial charge in [0, 0.05) is 54.3 Å². The third kappa shape index (κ3) is 3.33. The van der Waals surface area contributed by atoms with E-state index < -0.39 is 0 Å². The lowest BCUT2D eigenvalue weighted by Crippen LogP contribution is -2.47. The van der Waals surface area contributed by atoms with Gasteiger partial charge in [-0.3, -0.25) is 9.88 Å². The van der Waals surface area contributed by atoms with Crippen molar-refractivity contribution in [3.8, 4) is 0 Å². The number of hydrogen-bond acceptors (Lipinski definition) is 6. The molecular formula is C19H22BrN5O. The lowest BCUT2D eigenvalue weighted by atomic mass is 10.1. The molecule has 1 aliphatic rings. The van der Waals surface area contributed by atoms with Gasteiger partial charge in [-0.05, 0) is 31.2 Å². The molecule has 1 unspecified atom stereocenters. The molecule has 1 atom stereocenters. The molecule has 1 saturated heterocycles. The molecule has 4 rings (SSSR count). The average Bonchev–Trinajstić information content (AvgIpc) is 3.16. The monoisotopic (exact) mass is 415 g/mol. The lowest BCUT2D eigenvalue weighted by molar-refractivity contribution is 0.164. The van der Waals surface area contributed by atoms with E-state index in [4.69, 9.17) is 4.52 Å². The third-order valence-corrected chi connectivity index (χ3v) is 5.53. The Balaban J connectivity index is 1.49. The SMILES string of the molecule is CCc1noc(C(C)N2CCN(c3ccnc4ccc(Br)cc34)CC2)n1. The number of piperazine rings is 1. The number of hydrogen-bond donors (Lipinski definition) is 0. The number of benzene rings is 1. The number of halogens is 1. The second-order valence-electron chi connectivity index (χ2n) is 6.59. The Morgan fingerprint density at radius 3 is 2.73 bits per heavy atom. The topological polar surface area (TPSA) is 58.3 Å². The van der Waals surface area contributed by atoms with Gasteiger partial charge in [0.15, 0.2) is 5.82 Å². The summed E-state index contributed by atoms with van der Waals surface area (Å²) in [6.45, 7) is 8.03. The summed E-state index contributed by atoms with van der Waals surface area (Å²) in [5, 5.41) is 5.21. The van der Waals surface area contributed by atoms with Crippen molar-refractivity contribution >= 4 is 32.5 Å². The Morgan fingerprint density at radius 1 is 1.19 bits per heavy atom. The number of aryl methyl sites for hydroxylation is 1. The smallest absolute Gasteiger partial charge is 0.243 e. The van der Waals surface area contributed by atoms with Crippen LogP contribution in [0.3, 0.4) is 0 Å². The van der Waals surface area contributed by atoms with Crippen LogP contribution in [0.5, 0.6) is 0 Å². The quantitative estimate of drug-likeness (QED) is 0.645. The molecule has 3 aromatic rings. The number of aromatic nitrogens is 3. The van der Waals surface area contributed by atoms with Crippen molar-refractivity contribution < 1.29 is 4.52 Å². The van der Waals surface area contributed by atoms with E-state index in [2.05, 4.69) is 66.0 Å². The van der Waals surface area contributed by atoms with Crippen LogP contribution >= 0.6 is 15.9 Å². The summed E-state index contributed by atoms with van der Waals surface area (Å²) < 4.78 is 6.50. The summed E-state index contributed by atoms with van der Waals surface area (Å²) in [5.41, 5.74) is 2.27. The summed E-state index contributed by atoms with van der Waals surface area (Å²) in [5.74, 6) is 1.49. The van der Waals surface area contributed by atoms with Crippen molar-refractivity contribution in [2.45, 2.75) is 26.3 Å². The highest BCUT2D eigenvalue weighted by atomic mass is 79.9. The fourth-order valence-electron chi connectivity index (χ4n) is 3.47. The number of pyridine rings is 1. The van der Waals surface area contributed by atoms with E-state index in [0.717, 1.165) is 48.4 Å². The first-order valence-corrected chi connectivity index (χ1v) is 9.80. The molecule has 136 valence electrons. The van der Waals surface area contributed by atoms with Crippen LogP contribution in [0.15, 0.2) is 39.5 Å². The van der Waals surface area contributed by atoms with Gasteiger partial charge in [-0.15, -0.1) is 0 Å². The van der Waals surface area contributed by atoms with Crippen molar-refractivity contribution in [2.75, 3.05) is 31.1 Å². The van der Waals surface area contributed by atoms with Gasteiger partial charge in [-0.2, -0.15) is 4.98 Å². The van der Waals surface area contributed by atoms with Crippen LogP contribution in [0, 0.1) is 0 Å². The number of fused-ring (bicyclic) bond motifs is 1. The van der Waals surface area contributed by atoms with E-state index in [0.29, 0.717) is 5.89 Å². The summed E-state index contributed by atoms with van der Waals surface area (Å²) in [6, 6.07) is 8.50. The summed E-state index contributed by atoms with van der Waals surface area (Å²) in [7, 11) is 0. The molecule has 0 amide bonds. The van der Waals surface area contributed by atoms with Crippen LogP contribution in [-0.4, -0.2) is 46.2 Å². The van der Waals surface area contributed by atoms with Crippen molar-refractivity contribution in [2.24, 2.45) is 0 Å². The summed E-state index contributed by atoms with van der Waals surface area (Å²) in [4.78, 5) is 13.8. The first-order chi connectivity index (χ1) is 12.7. The maximum Gasteiger partial charge on any atom is 0.243 e. The van der Waals surface area contributed by atoms with Crippen LogP contribution in [0.4, 0.5) is 5.69 Å². The maximum atomic E-state index is 5.42. The van der Waals surface area contributed by atoms with E-state index in [1.54, 1.807) is 0 Å². The first-order valence-electron chi connectivity index (χ1n) is 9.01. The van der Waals surface area contributed by atoms with Crippen molar-refractivity contribution in [3.63, 3.8) is 0 Å². The molecule has 0 radical (unpaired) electrons. The van der Waals surface area contributed by atoms with Crippen molar-refractivity contribution in [3.05, 3.63) is 46.7 Å². The van der Waals surface area contributed by atoms with Crippen LogP contribution in [0.25, 0.3) is 10.9 Å². The van der Waals surface area contributed by atoms with Crippen molar-refractivity contribution in [1.29, 1.82) is 0 Å². The zero-order valence-corrected chi connectivity index (χ0v) is 16.6. The molecule has 3 heterocycles. The van der Waals surface area contributed by atoms with Gasteiger partial charge >= 0.3 is 0 Å². The normalized spacial score (nSPS) is 17.0. The molecule has 0 spiro atoms. The molecule has 1 fully saturated rings. The second-order valence-corrected chi connectivity index (χ2v) is 7.51. The highest BCUT2D eigenvalue weighted by molar-refractivity contribution is 9.10. The van der Waals surface area contributed by atoms with Crippen LogP contribution in [0.2, 0.25) is 0 Å². The second kappa shape index (κ2) is 7.32. The fourth-order valence-corrected chi connectivity index (χ4v) is 3.83. The van der Waals surface area contributed by atoms with E-state index in [1.807, 2.05) is 19.2 Å². The molecule has 6 nitrogen and oxygen atoms in total. The molecule has 1 aromatic carbocycles. The molecule has 7 heteroatoms. The molecule has 0 saturated carbocycles. The largest absolute Gasteiger partial charge is 0.368 e. The molecule has 0 aliphatic carbocycles. The Bertz CT molecular complexity index is 904. The number of anilines is 1. The van der Waals surface area contributed by atoms with Crippen LogP contribution < -0.4 is 4.90 Å². The summed E-state index contributed by atoms with van der Waals surface area (Å²) in [6.07, 6.45) is 2.69. The number of nitrogens with zero attached hydrogens (tertiary/aromatic N) is 5. The van der Waals surface area contributed by atoms with E-state index in [1.165, 1.54) is 11.1 Å². The van der Waals surface area contributed by atoms with Crippen molar-refractivity contribution in [1.82, 2.24) is 20.0 Å². The van der Waals surface area contributed by atoms with Gasteiger partial charge in [-0.1, -0.05) is 28.0 Å². The van der Waals surface area contributed by atoms with Gasteiger partial charge in [-0.25, -0.2) is 0 Å². The van der Waals surface area contributed by atoms with Crippen LogP contribution in [0.1, 0.15) is 31.6 Å². The Morgan fingerprint density at radius 2 is 2.00 bits per heavy atom. The van der Waals surface area contributed by atoms with Gasteiger partial charge in [0.05, 0.1) is 11.6 Å². The molecular weight excluding hydrogens is 394 g/mol. The van der Waals surface area contributed by atoms with E-state index in [9.17, 15) is 0 Å². The number of rotatable bonds is 4. The predicted octanol–water partition coefficient (Wildman–Crippen LogP) is 3.83. The predicted molar refractivity (Wildman–Crippen MR) is 105 cm³/mol. The third-order valence-electron chi connectivity index (χ3n) is 5.04. The van der Waals surface area contributed by atoms with E-state index >= 15 is 0 Å². The zero-order chi connectivity index (χ0) is 18.1. The lowest BCUT2D eigenvalue weighted by Gasteiger charge is -2.38. The van der Waals surface area contributed by atoms with Crippen LogP contribution in [-0.2, 0) is 6.42 Å². The molecule has 0 N–H and O–H groups in total. The van der Waals surface area contributed by atoms with Gasteiger partial charge < -0.3 is 9.42 Å². The fraction of sp³-hybridized carbons (Fsp3) is 0.421. The molecule has 26 heavy (non-hydrogen) atoms. The van der Waals surface area contributed by atoms with Gasteiger partial charge in [0.2, 0.25) is 5.89 Å². The standard InChI is InChI=1S/C19H22BrN5O/c1-3-18-22-19(26-23-18)13(2)24-8-10-25(11-9-24)17-6-7-21-16-5-4-14(20)12-15(16)17/h4-7,12-13H,3,8-11H2,1-2H3. The molecule has 2 aromatic heterocycles. The van der Waals surface area contributed by atoms with Gasteiger partial charge in [0.25, 0.3) is 0 Å². The zero-order valence-electron chi connectivity index (χ0n) is 15.0. The van der Waals surface area contributed by atoms with Gasteiger partial charge in [0.1, 0.15) is 0 Å². The maximum absolute atomic E-state index is 5.42. The average molecular weight is 416 g/mol. The minimum Gasteiger partial charge on any atom is -0.368 e. The molecule has 0 bridgehead atoms. The Hall–Kier alpha value is -1.99. The van der Waals surface area contributed by atoms with E-state index in [-0.39, 0.29) is 6.04 Å².